The lowest BCUT2D eigenvalue weighted by Gasteiger charge is -2.09. The lowest BCUT2D eigenvalue weighted by Crippen LogP contribution is -2.17. The molecule has 0 atom stereocenters. The van der Waals surface area contributed by atoms with Crippen molar-refractivity contribution < 1.29 is 9.18 Å². The molecular weight excluding hydrogens is 293 g/mol. The summed E-state index contributed by atoms with van der Waals surface area (Å²) in [7, 11) is 0. The third kappa shape index (κ3) is 3.63. The number of aromatic nitrogens is 1. The molecule has 23 heavy (non-hydrogen) atoms. The summed E-state index contributed by atoms with van der Waals surface area (Å²) < 4.78 is 13.5. The molecule has 0 bridgehead atoms. The van der Waals surface area contributed by atoms with E-state index in [4.69, 9.17) is 0 Å². The van der Waals surface area contributed by atoms with E-state index < -0.39 is 5.82 Å². The molecule has 116 valence electrons. The van der Waals surface area contributed by atoms with E-state index in [9.17, 15) is 9.18 Å². The molecule has 1 aromatic heterocycles. The van der Waals surface area contributed by atoms with E-state index in [1.54, 1.807) is 18.3 Å². The lowest BCUT2D eigenvalue weighted by atomic mass is 10.2. The molecule has 2 N–H and O–H groups in total. The van der Waals surface area contributed by atoms with Crippen molar-refractivity contribution in [2.24, 2.45) is 0 Å². The highest BCUT2D eigenvalue weighted by atomic mass is 19.1. The summed E-state index contributed by atoms with van der Waals surface area (Å²) in [5.74, 6) is -0.678. The first-order valence-electron chi connectivity index (χ1n) is 7.36. The summed E-state index contributed by atoms with van der Waals surface area (Å²) in [6.45, 7) is 0.440. The standard InChI is InChI=1S/C18H16FN3O/c19-14-7-1-2-8-15(14)22-17(23)10-12-20-16-9-3-5-13-6-4-11-21-18(13)16/h1-9,11,20H,10,12H2,(H,22,23). The van der Waals surface area contributed by atoms with Gasteiger partial charge in [-0.1, -0.05) is 30.3 Å². The summed E-state index contributed by atoms with van der Waals surface area (Å²) >= 11 is 0. The van der Waals surface area contributed by atoms with E-state index in [2.05, 4.69) is 15.6 Å². The molecule has 0 spiro atoms. The summed E-state index contributed by atoms with van der Waals surface area (Å²) in [6.07, 6.45) is 1.97. The van der Waals surface area contributed by atoms with Crippen molar-refractivity contribution in [2.45, 2.75) is 6.42 Å². The first-order valence-corrected chi connectivity index (χ1v) is 7.36. The van der Waals surface area contributed by atoms with E-state index in [0.717, 1.165) is 16.6 Å². The molecule has 0 radical (unpaired) electrons. The van der Waals surface area contributed by atoms with Gasteiger partial charge in [-0.2, -0.15) is 0 Å². The van der Waals surface area contributed by atoms with Crippen LogP contribution < -0.4 is 10.6 Å². The lowest BCUT2D eigenvalue weighted by molar-refractivity contribution is -0.116. The van der Waals surface area contributed by atoms with Crippen molar-refractivity contribution in [3.63, 3.8) is 0 Å². The number of para-hydroxylation sites is 2. The molecule has 0 saturated heterocycles. The topological polar surface area (TPSA) is 54.0 Å². The quantitative estimate of drug-likeness (QED) is 0.753. The van der Waals surface area contributed by atoms with Crippen molar-refractivity contribution >= 4 is 28.2 Å². The second-order valence-corrected chi connectivity index (χ2v) is 5.09. The number of anilines is 2. The monoisotopic (exact) mass is 309 g/mol. The van der Waals surface area contributed by atoms with Crippen LogP contribution in [0.4, 0.5) is 15.8 Å². The van der Waals surface area contributed by atoms with Gasteiger partial charge in [0.25, 0.3) is 0 Å². The van der Waals surface area contributed by atoms with Crippen LogP contribution in [0.15, 0.2) is 60.8 Å². The van der Waals surface area contributed by atoms with Crippen LogP contribution >= 0.6 is 0 Å². The smallest absolute Gasteiger partial charge is 0.226 e. The zero-order chi connectivity index (χ0) is 16.1. The maximum atomic E-state index is 13.5. The first-order chi connectivity index (χ1) is 11.2. The number of nitrogens with zero attached hydrogens (tertiary/aromatic N) is 1. The highest BCUT2D eigenvalue weighted by Crippen LogP contribution is 2.20. The van der Waals surface area contributed by atoms with Crippen LogP contribution in [0.25, 0.3) is 10.9 Å². The minimum Gasteiger partial charge on any atom is -0.383 e. The Labute approximate surface area is 133 Å². The molecule has 4 nitrogen and oxygen atoms in total. The Balaban J connectivity index is 1.58. The van der Waals surface area contributed by atoms with Gasteiger partial charge in [-0.15, -0.1) is 0 Å². The Bertz CT molecular complexity index is 830. The number of halogens is 1. The molecule has 1 amide bonds. The molecular formula is C18H16FN3O. The molecule has 0 aliphatic carbocycles. The highest BCUT2D eigenvalue weighted by Gasteiger charge is 2.07. The Morgan fingerprint density at radius 2 is 1.78 bits per heavy atom. The number of amides is 1. The molecule has 3 rings (SSSR count). The Morgan fingerprint density at radius 1 is 1.00 bits per heavy atom. The largest absolute Gasteiger partial charge is 0.383 e. The van der Waals surface area contributed by atoms with Crippen LogP contribution in [0.3, 0.4) is 0 Å². The van der Waals surface area contributed by atoms with Crippen LogP contribution in [0.2, 0.25) is 0 Å². The van der Waals surface area contributed by atoms with E-state index in [1.165, 1.54) is 12.1 Å². The van der Waals surface area contributed by atoms with Gasteiger partial charge in [0.2, 0.25) is 5.91 Å². The molecule has 1 heterocycles. The fraction of sp³-hybridized carbons (Fsp3) is 0.111. The van der Waals surface area contributed by atoms with E-state index in [0.29, 0.717) is 6.54 Å². The van der Waals surface area contributed by atoms with Crippen LogP contribution in [-0.4, -0.2) is 17.4 Å². The highest BCUT2D eigenvalue weighted by molar-refractivity contribution is 5.92. The normalized spacial score (nSPS) is 10.5. The third-order valence-electron chi connectivity index (χ3n) is 3.45. The predicted octanol–water partition coefficient (Wildman–Crippen LogP) is 3.81. The number of fused-ring (bicyclic) bond motifs is 1. The van der Waals surface area contributed by atoms with Crippen molar-refractivity contribution in [1.82, 2.24) is 4.98 Å². The van der Waals surface area contributed by atoms with Crippen molar-refractivity contribution in [3.8, 4) is 0 Å². The van der Waals surface area contributed by atoms with Crippen LogP contribution in [0.5, 0.6) is 0 Å². The average Bonchev–Trinajstić information content (AvgIpc) is 2.57. The maximum Gasteiger partial charge on any atom is 0.226 e. The van der Waals surface area contributed by atoms with Gasteiger partial charge in [0.1, 0.15) is 5.82 Å². The molecule has 0 unspecified atom stereocenters. The van der Waals surface area contributed by atoms with Gasteiger partial charge in [-0.05, 0) is 24.3 Å². The summed E-state index contributed by atoms with van der Waals surface area (Å²) in [4.78, 5) is 16.2. The minimum atomic E-state index is -0.438. The number of rotatable bonds is 5. The van der Waals surface area contributed by atoms with E-state index in [1.807, 2.05) is 30.3 Å². The Kier molecular flexibility index (Phi) is 4.47. The molecule has 0 fully saturated rings. The summed E-state index contributed by atoms with van der Waals surface area (Å²) in [6, 6.07) is 15.8. The van der Waals surface area contributed by atoms with Gasteiger partial charge in [-0.3, -0.25) is 9.78 Å². The van der Waals surface area contributed by atoms with Crippen LogP contribution in [-0.2, 0) is 4.79 Å². The first kappa shape index (κ1) is 15.0. The zero-order valence-electron chi connectivity index (χ0n) is 12.4. The van der Waals surface area contributed by atoms with Crippen LogP contribution in [0.1, 0.15) is 6.42 Å². The number of carbonyl (C=O) groups excluding carboxylic acids is 1. The van der Waals surface area contributed by atoms with E-state index in [-0.39, 0.29) is 18.0 Å². The second kappa shape index (κ2) is 6.87. The van der Waals surface area contributed by atoms with Crippen LogP contribution in [0, 0.1) is 5.82 Å². The number of pyridine rings is 1. The molecule has 0 aliphatic rings. The van der Waals surface area contributed by atoms with Crippen molar-refractivity contribution in [2.75, 3.05) is 17.2 Å². The van der Waals surface area contributed by atoms with Gasteiger partial charge in [0, 0.05) is 24.5 Å². The number of hydrogen-bond donors (Lipinski definition) is 2. The zero-order valence-corrected chi connectivity index (χ0v) is 12.4. The Morgan fingerprint density at radius 3 is 2.65 bits per heavy atom. The predicted molar refractivity (Wildman–Crippen MR) is 89.9 cm³/mol. The molecule has 2 aromatic carbocycles. The molecule has 0 saturated carbocycles. The van der Waals surface area contributed by atoms with Crippen molar-refractivity contribution in [1.29, 1.82) is 0 Å². The Hall–Kier alpha value is -2.95. The SMILES string of the molecule is O=C(CCNc1cccc2cccnc12)Nc1ccccc1F. The molecule has 5 heteroatoms. The summed E-state index contributed by atoms with van der Waals surface area (Å²) in [5, 5.41) is 6.80. The van der Waals surface area contributed by atoms with Crippen molar-refractivity contribution in [3.05, 3.63) is 66.6 Å². The molecule has 0 aliphatic heterocycles. The van der Waals surface area contributed by atoms with E-state index >= 15 is 0 Å². The summed E-state index contributed by atoms with van der Waals surface area (Å²) in [5.41, 5.74) is 1.94. The number of hydrogen-bond acceptors (Lipinski definition) is 3. The fourth-order valence-electron chi connectivity index (χ4n) is 2.33. The average molecular weight is 309 g/mol. The second-order valence-electron chi connectivity index (χ2n) is 5.09. The number of carbonyl (C=O) groups is 1. The van der Waals surface area contributed by atoms with Gasteiger partial charge in [-0.25, -0.2) is 4.39 Å². The minimum absolute atomic E-state index is 0.198. The van der Waals surface area contributed by atoms with Gasteiger partial charge in [0.15, 0.2) is 0 Å². The third-order valence-corrected chi connectivity index (χ3v) is 3.45. The van der Waals surface area contributed by atoms with Gasteiger partial charge < -0.3 is 10.6 Å². The number of nitrogens with one attached hydrogen (secondary N) is 2. The van der Waals surface area contributed by atoms with Gasteiger partial charge in [0.05, 0.1) is 16.9 Å². The van der Waals surface area contributed by atoms with Gasteiger partial charge >= 0.3 is 0 Å². The fourth-order valence-corrected chi connectivity index (χ4v) is 2.33. The number of benzene rings is 2. The molecule has 3 aromatic rings. The maximum absolute atomic E-state index is 13.5.